The van der Waals surface area contributed by atoms with Gasteiger partial charge in [-0.3, -0.25) is 10.3 Å². The fourth-order valence-corrected chi connectivity index (χ4v) is 3.05. The molecule has 0 aliphatic heterocycles. The number of pyridine rings is 1. The van der Waals surface area contributed by atoms with Crippen LogP contribution < -0.4 is 16.5 Å². The highest BCUT2D eigenvalue weighted by Gasteiger charge is 2.19. The Hall–Kier alpha value is -3.33. The van der Waals surface area contributed by atoms with E-state index in [0.29, 0.717) is 29.4 Å². The molecule has 3 rings (SSSR count). The zero-order chi connectivity index (χ0) is 21.9. The summed E-state index contributed by atoms with van der Waals surface area (Å²) in [5.74, 6) is 0.964. The molecule has 0 saturated carbocycles. The minimum Gasteiger partial charge on any atom is -0.448 e. The van der Waals surface area contributed by atoms with E-state index in [1.54, 1.807) is 6.92 Å². The number of nitrogens with zero attached hydrogens (tertiary/aromatic N) is 3. The van der Waals surface area contributed by atoms with Gasteiger partial charge in [0.1, 0.15) is 24.6 Å². The smallest absolute Gasteiger partial charge is 0.407 e. The molecule has 0 saturated heterocycles. The Balaban J connectivity index is 1.94. The average molecular weight is 412 g/mol. The maximum absolute atomic E-state index is 12.0. The summed E-state index contributed by atoms with van der Waals surface area (Å²) < 4.78 is 7.31. The first-order valence-electron chi connectivity index (χ1n) is 9.67. The summed E-state index contributed by atoms with van der Waals surface area (Å²) in [6, 6.07) is 7.70. The molecule has 0 aliphatic rings. The molecule has 0 unspecified atom stereocenters. The van der Waals surface area contributed by atoms with Gasteiger partial charge in [-0.25, -0.2) is 14.8 Å². The molecule has 2 aromatic heterocycles. The van der Waals surface area contributed by atoms with Crippen LogP contribution in [0.3, 0.4) is 0 Å². The third-order valence-corrected chi connectivity index (χ3v) is 4.16. The Morgan fingerprint density at radius 3 is 2.70 bits per heavy atom. The highest BCUT2D eigenvalue weighted by molar-refractivity contribution is 6.06. The Labute approximate surface area is 175 Å². The van der Waals surface area contributed by atoms with Gasteiger partial charge in [0.05, 0.1) is 17.6 Å². The van der Waals surface area contributed by atoms with Gasteiger partial charge in [-0.05, 0) is 33.8 Å². The largest absolute Gasteiger partial charge is 0.448 e. The highest BCUT2D eigenvalue weighted by Crippen LogP contribution is 2.29. The lowest BCUT2D eigenvalue weighted by Gasteiger charge is -2.20. The molecular formula is C21H28N6O3. The molecule has 1 amide bonds. The standard InChI is InChI=1S/C21H28N6O3/c1-13(2)26-30-12-16-24-17-18(14-8-6-7-9-15(14)23-19(17)22)27(16)10-11-29-20(28)25-21(3,4)5/h6-9,26H,1,10-12H2,2-5H3,(H2,22,23)(H,25,28). The van der Waals surface area contributed by atoms with E-state index in [1.807, 2.05) is 49.6 Å². The van der Waals surface area contributed by atoms with Crippen molar-refractivity contribution in [3.63, 3.8) is 0 Å². The normalized spacial score (nSPS) is 11.6. The van der Waals surface area contributed by atoms with Gasteiger partial charge in [0.2, 0.25) is 0 Å². The molecule has 1 aromatic carbocycles. The van der Waals surface area contributed by atoms with Crippen molar-refractivity contribution in [2.75, 3.05) is 12.3 Å². The first kappa shape index (κ1) is 21.4. The number of nitrogens with one attached hydrogen (secondary N) is 2. The minimum absolute atomic E-state index is 0.158. The van der Waals surface area contributed by atoms with Gasteiger partial charge in [0, 0.05) is 16.6 Å². The van der Waals surface area contributed by atoms with Crippen LogP contribution in [0.4, 0.5) is 10.6 Å². The predicted molar refractivity (Wildman–Crippen MR) is 116 cm³/mol. The molecule has 0 aliphatic carbocycles. The van der Waals surface area contributed by atoms with Crippen LogP contribution >= 0.6 is 0 Å². The highest BCUT2D eigenvalue weighted by atomic mass is 16.6. The fourth-order valence-electron chi connectivity index (χ4n) is 3.05. The van der Waals surface area contributed by atoms with Crippen LogP contribution in [0.2, 0.25) is 0 Å². The molecule has 4 N–H and O–H groups in total. The number of benzene rings is 1. The lowest BCUT2D eigenvalue weighted by molar-refractivity contribution is 0.0433. The first-order valence-corrected chi connectivity index (χ1v) is 9.67. The Bertz CT molecular complexity index is 1080. The molecule has 160 valence electrons. The van der Waals surface area contributed by atoms with E-state index in [4.69, 9.17) is 15.3 Å². The number of imidazole rings is 1. The molecule has 0 atom stereocenters. The van der Waals surface area contributed by atoms with Gasteiger partial charge in [0.15, 0.2) is 5.82 Å². The monoisotopic (exact) mass is 412 g/mol. The van der Waals surface area contributed by atoms with Gasteiger partial charge < -0.3 is 20.4 Å². The summed E-state index contributed by atoms with van der Waals surface area (Å²) in [7, 11) is 0. The van der Waals surface area contributed by atoms with E-state index in [2.05, 4.69) is 27.3 Å². The summed E-state index contributed by atoms with van der Waals surface area (Å²) >= 11 is 0. The lowest BCUT2D eigenvalue weighted by Crippen LogP contribution is -2.41. The van der Waals surface area contributed by atoms with Gasteiger partial charge in [-0.15, -0.1) is 0 Å². The van der Waals surface area contributed by atoms with Crippen molar-refractivity contribution in [3.05, 3.63) is 42.4 Å². The number of hydrogen-bond acceptors (Lipinski definition) is 7. The molecule has 0 spiro atoms. The van der Waals surface area contributed by atoms with E-state index in [9.17, 15) is 4.79 Å². The zero-order valence-electron chi connectivity index (χ0n) is 17.8. The second-order valence-corrected chi connectivity index (χ2v) is 8.07. The molecular weight excluding hydrogens is 384 g/mol. The molecule has 0 fully saturated rings. The Morgan fingerprint density at radius 2 is 2.00 bits per heavy atom. The number of allylic oxidation sites excluding steroid dienone is 1. The molecule has 0 radical (unpaired) electrons. The number of anilines is 1. The summed E-state index contributed by atoms with van der Waals surface area (Å²) in [6.45, 7) is 11.9. The number of fused-ring (bicyclic) bond motifs is 3. The maximum atomic E-state index is 12.0. The average Bonchev–Trinajstić information content (AvgIpc) is 2.99. The quantitative estimate of drug-likeness (QED) is 0.510. The summed E-state index contributed by atoms with van der Waals surface area (Å²) in [5.41, 5.74) is 11.4. The summed E-state index contributed by atoms with van der Waals surface area (Å²) in [4.78, 5) is 26.6. The van der Waals surface area contributed by atoms with Crippen molar-refractivity contribution in [2.24, 2.45) is 0 Å². The number of amides is 1. The molecule has 9 nitrogen and oxygen atoms in total. The van der Waals surface area contributed by atoms with E-state index >= 15 is 0 Å². The van der Waals surface area contributed by atoms with Gasteiger partial charge in [-0.2, -0.15) is 0 Å². The number of ether oxygens (including phenoxy) is 1. The number of hydrogen-bond donors (Lipinski definition) is 3. The van der Waals surface area contributed by atoms with E-state index in [1.165, 1.54) is 0 Å². The molecule has 30 heavy (non-hydrogen) atoms. The van der Waals surface area contributed by atoms with Crippen LogP contribution in [0.15, 0.2) is 36.5 Å². The lowest BCUT2D eigenvalue weighted by atomic mass is 10.1. The number of aromatic nitrogens is 3. The van der Waals surface area contributed by atoms with Crippen molar-refractivity contribution >= 4 is 33.8 Å². The zero-order valence-corrected chi connectivity index (χ0v) is 17.8. The van der Waals surface area contributed by atoms with Gasteiger partial charge >= 0.3 is 6.09 Å². The van der Waals surface area contributed by atoms with Crippen molar-refractivity contribution < 1.29 is 14.4 Å². The summed E-state index contributed by atoms with van der Waals surface area (Å²) in [6.07, 6.45) is -0.472. The van der Waals surface area contributed by atoms with Crippen molar-refractivity contribution in [1.29, 1.82) is 0 Å². The number of nitrogens with two attached hydrogens (primary N) is 1. The van der Waals surface area contributed by atoms with E-state index in [0.717, 1.165) is 16.4 Å². The SMILES string of the molecule is C=C(C)NOCc1nc2c(N)nc3ccccc3c2n1CCOC(=O)NC(C)(C)C. The number of rotatable bonds is 7. The Kier molecular flexibility index (Phi) is 6.12. The second kappa shape index (κ2) is 8.58. The third-order valence-electron chi connectivity index (χ3n) is 4.16. The van der Waals surface area contributed by atoms with Crippen LogP contribution in [0, 0.1) is 0 Å². The van der Waals surface area contributed by atoms with Crippen molar-refractivity contribution in [3.8, 4) is 0 Å². The molecule has 2 heterocycles. The van der Waals surface area contributed by atoms with Crippen molar-refractivity contribution in [2.45, 2.75) is 46.4 Å². The summed E-state index contributed by atoms with van der Waals surface area (Å²) in [5, 5.41) is 3.69. The van der Waals surface area contributed by atoms with Crippen LogP contribution in [-0.2, 0) is 22.7 Å². The third kappa shape index (κ3) is 4.98. The molecule has 0 bridgehead atoms. The van der Waals surface area contributed by atoms with Crippen molar-refractivity contribution in [1.82, 2.24) is 25.3 Å². The number of para-hydroxylation sites is 1. The maximum Gasteiger partial charge on any atom is 0.407 e. The topological polar surface area (TPSA) is 116 Å². The number of carbonyl (C=O) groups is 1. The minimum atomic E-state index is -0.472. The number of nitrogen functional groups attached to an aromatic ring is 1. The number of alkyl carbamates (subject to hydrolysis) is 1. The first-order chi connectivity index (χ1) is 14.2. The van der Waals surface area contributed by atoms with Crippen LogP contribution in [-0.4, -0.2) is 32.8 Å². The number of hydroxylamine groups is 1. The number of carbonyl (C=O) groups excluding carboxylic acids is 1. The van der Waals surface area contributed by atoms with Crippen LogP contribution in [0.1, 0.15) is 33.5 Å². The van der Waals surface area contributed by atoms with E-state index < -0.39 is 6.09 Å². The van der Waals surface area contributed by atoms with E-state index in [-0.39, 0.29) is 18.8 Å². The molecule has 9 heteroatoms. The molecule has 3 aromatic rings. The predicted octanol–water partition coefficient (Wildman–Crippen LogP) is 3.25. The van der Waals surface area contributed by atoms with Gasteiger partial charge in [-0.1, -0.05) is 24.8 Å². The van der Waals surface area contributed by atoms with Crippen LogP contribution in [0.5, 0.6) is 0 Å². The fraction of sp³-hybridized carbons (Fsp3) is 0.381. The Morgan fingerprint density at radius 1 is 1.27 bits per heavy atom. The second-order valence-electron chi connectivity index (χ2n) is 8.07. The van der Waals surface area contributed by atoms with Crippen LogP contribution in [0.25, 0.3) is 21.9 Å². The van der Waals surface area contributed by atoms with Gasteiger partial charge in [0.25, 0.3) is 0 Å².